The second-order valence-electron chi connectivity index (χ2n) is 0.0891. The van der Waals surface area contributed by atoms with Gasteiger partial charge in [-0.1, -0.05) is 27.3 Å². The van der Waals surface area contributed by atoms with Crippen molar-refractivity contribution in [2.45, 2.75) is 0 Å². The number of hydrogen-bond acceptors (Lipinski definition) is 1. The molecule has 0 aliphatic carbocycles. The van der Waals surface area contributed by atoms with Gasteiger partial charge in [-0.25, -0.2) is 0 Å². The van der Waals surface area contributed by atoms with Gasteiger partial charge in [0.2, 0.25) is 0 Å². The van der Waals surface area contributed by atoms with E-state index < -0.39 is 0 Å². The predicted octanol–water partition coefficient (Wildman–Crippen LogP) is 1.47. The van der Waals surface area contributed by atoms with Crippen LogP contribution in [-0.4, -0.2) is 0 Å². The molecule has 1 atom stereocenters. The second-order valence-corrected chi connectivity index (χ2v) is 4.17. The van der Waals surface area contributed by atoms with Gasteiger partial charge in [-0.3, -0.25) is 9.41 Å². The summed E-state index contributed by atoms with van der Waals surface area (Å²) in [4.78, 5) is 0. The molecular weight excluding hydrogens is 181 g/mol. The Bertz CT molecular complexity index is 17.1. The molecule has 5 heavy (non-hydrogen) atoms. The van der Waals surface area contributed by atoms with Crippen LogP contribution in [0.3, 0.4) is 0 Å². The van der Waals surface area contributed by atoms with Crippen LogP contribution >= 0.6 is 21.5 Å². The molecule has 0 fully saturated rings. The van der Waals surface area contributed by atoms with Crippen molar-refractivity contribution in [3.8, 4) is 0 Å². The quantitative estimate of drug-likeness (QED) is 0.515. The Hall–Kier alpha value is 0.990. The minimum atomic E-state index is 0. The van der Waals surface area contributed by atoms with E-state index in [0.717, 1.165) is 0 Å². The molecule has 0 saturated carbocycles. The average Bonchev–Trinajstić information content (AvgIpc) is 0.918. The van der Waals surface area contributed by atoms with Crippen LogP contribution in [0.1, 0.15) is 0 Å². The topological polar surface area (TPSA) is 0 Å². The first-order chi connectivity index (χ1) is 1.41. The van der Waals surface area contributed by atoms with Crippen molar-refractivity contribution in [3.63, 3.8) is 0 Å². The molecule has 0 aromatic carbocycles. The highest BCUT2D eigenvalue weighted by atomic mass is 79.9. The van der Waals surface area contributed by atoms with Crippen molar-refractivity contribution in [3.05, 3.63) is 0 Å². The summed E-state index contributed by atoms with van der Waals surface area (Å²) in [5, 5.41) is 0. The van der Waals surface area contributed by atoms with Crippen LogP contribution in [0.2, 0.25) is 0 Å². The van der Waals surface area contributed by atoms with Crippen LogP contribution < -0.4 is 0 Å². The molecule has 0 aromatic heterocycles. The maximum absolute atomic E-state index is 4.39. The fourth-order valence-corrected chi connectivity index (χ4v) is 0. The summed E-state index contributed by atoms with van der Waals surface area (Å²) in [6, 6.07) is 0.146. The third-order valence-corrected chi connectivity index (χ3v) is 0. The summed E-state index contributed by atoms with van der Waals surface area (Å²) >= 11 is 7.44. The fraction of sp³-hybridized carbons (Fsp3) is 0. The molecule has 0 rings (SSSR count). The van der Waals surface area contributed by atoms with Gasteiger partial charge in [0.1, 0.15) is 0 Å². The second kappa shape index (κ2) is 20.1. The average molecular weight is 185 g/mol. The standard InChI is InChI=1S/BrH2PS.2FH/c1-2-3;;/h2H2;2*1H. The molecule has 0 spiro atoms. The molecule has 1 unspecified atom stereocenters. The summed E-state index contributed by atoms with van der Waals surface area (Å²) in [6.45, 7) is 0. The number of rotatable bonds is 0. The predicted molar refractivity (Wildman–Crippen MR) is 31.0 cm³/mol. The van der Waals surface area contributed by atoms with Crippen LogP contribution in [0.4, 0.5) is 9.41 Å². The molecule has 0 aromatic rings. The van der Waals surface area contributed by atoms with Gasteiger partial charge in [-0.2, -0.15) is 0 Å². The Morgan fingerprint density at radius 1 is 1.40 bits per heavy atom. The van der Waals surface area contributed by atoms with Gasteiger partial charge in [0.15, 0.2) is 0 Å². The van der Waals surface area contributed by atoms with E-state index in [2.05, 4.69) is 27.3 Å². The zero-order valence-corrected chi connectivity index (χ0v) is 5.74. The molecule has 0 amide bonds. The van der Waals surface area contributed by atoms with E-state index >= 15 is 0 Å². The van der Waals surface area contributed by atoms with Gasteiger partial charge in [-0.15, -0.1) is 0 Å². The van der Waals surface area contributed by atoms with Gasteiger partial charge >= 0.3 is 0 Å². The van der Waals surface area contributed by atoms with E-state index in [4.69, 9.17) is 0 Å². The zero-order valence-electron chi connectivity index (χ0n) is 2.18. The smallest absolute Gasteiger partial charge is 0.00666 e. The van der Waals surface area contributed by atoms with Crippen molar-refractivity contribution >= 4 is 33.4 Å². The Labute approximate surface area is 43.3 Å². The fourth-order valence-electron chi connectivity index (χ4n) is 0. The first-order valence-electron chi connectivity index (χ1n) is 0.454. The van der Waals surface area contributed by atoms with Crippen molar-refractivity contribution in [1.82, 2.24) is 0 Å². The lowest BCUT2D eigenvalue weighted by Crippen LogP contribution is -0.623. The number of halogens is 3. The Morgan fingerprint density at radius 2 is 1.40 bits per heavy atom. The molecule has 36 valence electrons. The van der Waals surface area contributed by atoms with Gasteiger partial charge in [0.05, 0.1) is 0 Å². The molecule has 0 radical (unpaired) electrons. The van der Waals surface area contributed by atoms with Crippen LogP contribution in [-0.2, 0) is 11.8 Å². The highest BCUT2D eigenvalue weighted by molar-refractivity contribution is 9.38. The molecule has 0 saturated heterocycles. The van der Waals surface area contributed by atoms with Gasteiger partial charge in [0.25, 0.3) is 0 Å². The van der Waals surface area contributed by atoms with Crippen LogP contribution in [0.5, 0.6) is 0 Å². The van der Waals surface area contributed by atoms with Crippen molar-refractivity contribution in [2.24, 2.45) is 0 Å². The molecule has 0 aliphatic heterocycles. The normalized spacial score (nSPS) is 5.80. The van der Waals surface area contributed by atoms with Crippen LogP contribution in [0, 0.1) is 0 Å². The Balaban J connectivity index is -0.0000000200. The monoisotopic (exact) mass is 184 g/mol. The third kappa shape index (κ3) is 45.5. The Morgan fingerprint density at radius 3 is 1.40 bits per heavy atom. The third-order valence-electron chi connectivity index (χ3n) is 0. The summed E-state index contributed by atoms with van der Waals surface area (Å²) in [7, 11) is 0. The maximum Gasteiger partial charge on any atom is -0.00666 e. The highest BCUT2D eigenvalue weighted by Crippen LogP contribution is 1.99. The summed E-state index contributed by atoms with van der Waals surface area (Å²) in [6.07, 6.45) is 0. The van der Waals surface area contributed by atoms with Crippen molar-refractivity contribution in [2.75, 3.05) is 0 Å². The molecule has 0 heterocycles. The zero-order chi connectivity index (χ0) is 2.71. The lowest BCUT2D eigenvalue weighted by Gasteiger charge is -1.26. The van der Waals surface area contributed by atoms with Crippen LogP contribution in [0.25, 0.3) is 0 Å². The van der Waals surface area contributed by atoms with E-state index in [1.54, 1.807) is 0 Å². The summed E-state index contributed by atoms with van der Waals surface area (Å²) < 4.78 is 0. The van der Waals surface area contributed by atoms with E-state index in [9.17, 15) is 0 Å². The van der Waals surface area contributed by atoms with Crippen molar-refractivity contribution < 1.29 is 9.41 Å². The highest BCUT2D eigenvalue weighted by Gasteiger charge is 1.19. The molecule has 0 N–H and O–H groups in total. The number of hydrogen-bond donors (Lipinski definition) is 0. The van der Waals surface area contributed by atoms with E-state index in [0.29, 0.717) is 0 Å². The molecule has 0 bridgehead atoms. The molecular formula is H4BrF2PS. The maximum atomic E-state index is 4.39. The minimum Gasteiger partial charge on any atom is -0.269 e. The minimum absolute atomic E-state index is 0. The summed E-state index contributed by atoms with van der Waals surface area (Å²) in [5.41, 5.74) is 0. The van der Waals surface area contributed by atoms with Gasteiger partial charge < -0.3 is 0 Å². The first-order valence-corrected chi connectivity index (χ1v) is 5.52. The first kappa shape index (κ1) is 16.7. The van der Waals surface area contributed by atoms with E-state index in [1.807, 2.05) is 0 Å². The molecule has 0 aliphatic rings. The lowest BCUT2D eigenvalue weighted by atomic mass is 19.0. The van der Waals surface area contributed by atoms with E-state index in [-0.39, 0.29) is 15.5 Å². The molecule has 5 heteroatoms. The largest absolute Gasteiger partial charge is 0.269 e. The van der Waals surface area contributed by atoms with E-state index in [1.165, 1.54) is 0 Å². The Kier molecular flexibility index (Phi) is 66.9. The van der Waals surface area contributed by atoms with Crippen LogP contribution in [0.15, 0.2) is 0 Å². The van der Waals surface area contributed by atoms with Gasteiger partial charge in [-0.05, 0) is 6.06 Å². The lowest BCUT2D eigenvalue weighted by molar-refractivity contribution is 1.11. The van der Waals surface area contributed by atoms with Crippen molar-refractivity contribution in [1.29, 1.82) is 0 Å². The molecule has 0 nitrogen and oxygen atoms in total. The SMILES string of the molecule is F.F.S=[PH2]Br. The van der Waals surface area contributed by atoms with Gasteiger partial charge in [0, 0.05) is 0 Å². The summed E-state index contributed by atoms with van der Waals surface area (Å²) in [5.74, 6) is 0.